The average Bonchev–Trinajstić information content (AvgIpc) is 2.55. The Balaban J connectivity index is 1.77. The number of aryl methyl sites for hydroxylation is 1. The molecule has 0 saturated carbocycles. The van der Waals surface area contributed by atoms with E-state index in [1.807, 2.05) is 24.3 Å². The second-order valence-electron chi connectivity index (χ2n) is 5.04. The highest BCUT2D eigenvalue weighted by atomic mass is 127. The van der Waals surface area contributed by atoms with E-state index in [9.17, 15) is 9.59 Å². The lowest BCUT2D eigenvalue weighted by molar-refractivity contribution is -0.121. The molecule has 1 heterocycles. The number of hydrogen-bond acceptors (Lipinski definition) is 3. The normalized spacial score (nSPS) is 10.3. The lowest BCUT2D eigenvalue weighted by atomic mass is 10.1. The molecule has 2 rings (SSSR count). The van der Waals surface area contributed by atoms with Gasteiger partial charge in [0.15, 0.2) is 5.69 Å². The minimum atomic E-state index is -1.07. The molecule has 0 aliphatic rings. The maximum atomic E-state index is 11.9. The third kappa shape index (κ3) is 5.63. The van der Waals surface area contributed by atoms with E-state index in [0.717, 1.165) is 6.42 Å². The van der Waals surface area contributed by atoms with E-state index in [2.05, 4.69) is 32.9 Å². The van der Waals surface area contributed by atoms with E-state index in [1.54, 1.807) is 12.1 Å². The first-order valence-corrected chi connectivity index (χ1v) is 8.32. The molecule has 0 spiro atoms. The van der Waals surface area contributed by atoms with Crippen molar-refractivity contribution in [3.8, 4) is 0 Å². The zero-order valence-corrected chi connectivity index (χ0v) is 14.6. The summed E-state index contributed by atoms with van der Waals surface area (Å²) in [4.78, 5) is 26.8. The highest BCUT2D eigenvalue weighted by Gasteiger charge is 2.12. The Morgan fingerprint density at radius 1 is 1.13 bits per heavy atom. The Labute approximate surface area is 148 Å². The molecule has 0 atom stereocenters. The van der Waals surface area contributed by atoms with Crippen molar-refractivity contribution in [1.29, 1.82) is 0 Å². The van der Waals surface area contributed by atoms with E-state index in [-0.39, 0.29) is 18.0 Å². The summed E-state index contributed by atoms with van der Waals surface area (Å²) in [6.45, 7) is 0.568. The van der Waals surface area contributed by atoms with Crippen LogP contribution in [0.5, 0.6) is 0 Å². The van der Waals surface area contributed by atoms with Gasteiger partial charge in [0.1, 0.15) is 0 Å². The highest BCUT2D eigenvalue weighted by molar-refractivity contribution is 14.1. The lowest BCUT2D eigenvalue weighted by Gasteiger charge is -2.07. The van der Waals surface area contributed by atoms with Gasteiger partial charge in [0.2, 0.25) is 5.91 Å². The average molecular weight is 424 g/mol. The molecule has 6 heteroatoms. The number of carbonyl (C=O) groups excluding carboxylic acids is 1. The number of aromatic nitrogens is 1. The molecule has 120 valence electrons. The second-order valence-corrected chi connectivity index (χ2v) is 6.29. The van der Waals surface area contributed by atoms with Crippen LogP contribution in [0.2, 0.25) is 0 Å². The number of benzene rings is 1. The second kappa shape index (κ2) is 8.61. The number of carbonyl (C=O) groups is 2. The number of rotatable bonds is 7. The van der Waals surface area contributed by atoms with Crippen molar-refractivity contribution < 1.29 is 14.7 Å². The minimum Gasteiger partial charge on any atom is -0.477 e. The Hall–Kier alpha value is -1.96. The fourth-order valence-corrected chi connectivity index (χ4v) is 2.53. The van der Waals surface area contributed by atoms with E-state index >= 15 is 0 Å². The Morgan fingerprint density at radius 3 is 2.57 bits per heavy atom. The number of amides is 1. The first-order chi connectivity index (χ1) is 11.1. The molecule has 23 heavy (non-hydrogen) atoms. The minimum absolute atomic E-state index is 0.0131. The molecule has 0 radical (unpaired) electrons. The van der Waals surface area contributed by atoms with Gasteiger partial charge in [-0.25, -0.2) is 9.78 Å². The van der Waals surface area contributed by atoms with Crippen molar-refractivity contribution in [3.63, 3.8) is 0 Å². The van der Waals surface area contributed by atoms with Gasteiger partial charge in [-0.2, -0.15) is 0 Å². The van der Waals surface area contributed by atoms with Crippen molar-refractivity contribution in [2.75, 3.05) is 6.54 Å². The predicted molar refractivity (Wildman–Crippen MR) is 95.4 cm³/mol. The molecule has 0 fully saturated rings. The van der Waals surface area contributed by atoms with Crippen LogP contribution in [0.15, 0.2) is 42.6 Å². The quantitative estimate of drug-likeness (QED) is 0.670. The largest absolute Gasteiger partial charge is 0.477 e. The van der Waals surface area contributed by atoms with Gasteiger partial charge in [0.05, 0.1) is 0 Å². The summed E-state index contributed by atoms with van der Waals surface area (Å²) in [7, 11) is 0. The number of aromatic carboxylic acids is 1. The van der Waals surface area contributed by atoms with Crippen LogP contribution >= 0.6 is 22.6 Å². The molecule has 2 N–H and O–H groups in total. The van der Waals surface area contributed by atoms with Gasteiger partial charge in [-0.15, -0.1) is 0 Å². The summed E-state index contributed by atoms with van der Waals surface area (Å²) in [6.07, 6.45) is 2.83. The molecular weight excluding hydrogens is 407 g/mol. The van der Waals surface area contributed by atoms with Crippen LogP contribution in [-0.2, 0) is 17.6 Å². The van der Waals surface area contributed by atoms with E-state index in [1.165, 1.54) is 15.3 Å². The molecule has 0 aliphatic heterocycles. The van der Waals surface area contributed by atoms with Crippen molar-refractivity contribution in [2.24, 2.45) is 0 Å². The van der Waals surface area contributed by atoms with Crippen LogP contribution in [-0.4, -0.2) is 28.5 Å². The van der Waals surface area contributed by atoms with Crippen LogP contribution in [0.1, 0.15) is 28.0 Å². The molecule has 0 unspecified atom stereocenters. The van der Waals surface area contributed by atoms with Gasteiger partial charge in [0, 0.05) is 22.7 Å². The fourth-order valence-electron chi connectivity index (χ4n) is 2.17. The standard InChI is InChI=1S/C17H17IN2O3/c18-14-6-3-12(4-7-14)9-11-19-15(21)8-5-13-2-1-10-20-16(13)17(22)23/h1-4,6-7,10H,5,8-9,11H2,(H,19,21)(H,22,23). The van der Waals surface area contributed by atoms with Crippen LogP contribution in [0.25, 0.3) is 0 Å². The summed E-state index contributed by atoms with van der Waals surface area (Å²) in [5, 5.41) is 11.9. The van der Waals surface area contributed by atoms with Crippen LogP contribution in [0.3, 0.4) is 0 Å². The zero-order chi connectivity index (χ0) is 16.7. The first-order valence-electron chi connectivity index (χ1n) is 7.24. The summed E-state index contributed by atoms with van der Waals surface area (Å²) in [6, 6.07) is 11.5. The predicted octanol–water partition coefficient (Wildman–Crippen LogP) is 2.68. The molecule has 2 aromatic rings. The lowest BCUT2D eigenvalue weighted by Crippen LogP contribution is -2.26. The van der Waals surface area contributed by atoms with Crippen molar-refractivity contribution >= 4 is 34.5 Å². The number of hydrogen-bond donors (Lipinski definition) is 2. The van der Waals surface area contributed by atoms with Gasteiger partial charge >= 0.3 is 5.97 Å². The maximum absolute atomic E-state index is 11.9. The Morgan fingerprint density at radius 2 is 1.87 bits per heavy atom. The van der Waals surface area contributed by atoms with Crippen molar-refractivity contribution in [3.05, 3.63) is 63.0 Å². The van der Waals surface area contributed by atoms with Crippen LogP contribution in [0.4, 0.5) is 0 Å². The monoisotopic (exact) mass is 424 g/mol. The van der Waals surface area contributed by atoms with Crippen molar-refractivity contribution in [2.45, 2.75) is 19.3 Å². The molecular formula is C17H17IN2O3. The molecule has 0 saturated heterocycles. The number of pyridine rings is 1. The summed E-state index contributed by atoms with van der Waals surface area (Å²) < 4.78 is 1.18. The molecule has 0 bridgehead atoms. The van der Waals surface area contributed by atoms with Crippen molar-refractivity contribution in [1.82, 2.24) is 10.3 Å². The fraction of sp³-hybridized carbons (Fsp3) is 0.235. The SMILES string of the molecule is O=C(CCc1cccnc1C(=O)O)NCCc1ccc(I)cc1. The molecule has 1 aromatic heterocycles. The van der Waals surface area contributed by atoms with Gasteiger partial charge in [-0.1, -0.05) is 18.2 Å². The smallest absolute Gasteiger partial charge is 0.354 e. The Kier molecular flexibility index (Phi) is 6.52. The highest BCUT2D eigenvalue weighted by Crippen LogP contribution is 2.09. The van der Waals surface area contributed by atoms with Crippen LogP contribution in [0, 0.1) is 3.57 Å². The summed E-state index contributed by atoms with van der Waals surface area (Å²) >= 11 is 2.25. The van der Waals surface area contributed by atoms with Crippen LogP contribution < -0.4 is 5.32 Å². The third-order valence-corrected chi connectivity index (χ3v) is 4.08. The summed E-state index contributed by atoms with van der Waals surface area (Å²) in [5.41, 5.74) is 1.76. The van der Waals surface area contributed by atoms with E-state index in [0.29, 0.717) is 18.5 Å². The third-order valence-electron chi connectivity index (χ3n) is 3.36. The maximum Gasteiger partial charge on any atom is 0.354 e. The first kappa shape index (κ1) is 17.4. The van der Waals surface area contributed by atoms with E-state index in [4.69, 9.17) is 5.11 Å². The van der Waals surface area contributed by atoms with Gasteiger partial charge in [0.25, 0.3) is 0 Å². The molecule has 1 aromatic carbocycles. The molecule has 5 nitrogen and oxygen atoms in total. The molecule has 0 aliphatic carbocycles. The number of carboxylic acids is 1. The van der Waals surface area contributed by atoms with Gasteiger partial charge in [-0.05, 0) is 64.8 Å². The Bertz CT molecular complexity index is 686. The van der Waals surface area contributed by atoms with E-state index < -0.39 is 5.97 Å². The van der Waals surface area contributed by atoms with Gasteiger partial charge < -0.3 is 10.4 Å². The number of halogens is 1. The number of nitrogens with one attached hydrogen (secondary N) is 1. The number of carboxylic acid groups (broad SMARTS) is 1. The van der Waals surface area contributed by atoms with Gasteiger partial charge in [-0.3, -0.25) is 4.79 Å². The number of nitrogens with zero attached hydrogens (tertiary/aromatic N) is 1. The topological polar surface area (TPSA) is 79.3 Å². The molecule has 1 amide bonds. The summed E-state index contributed by atoms with van der Waals surface area (Å²) in [5.74, 6) is -1.16. The zero-order valence-electron chi connectivity index (χ0n) is 12.5.